The molecule has 2 nitrogen and oxygen atoms in total. The van der Waals surface area contributed by atoms with Gasteiger partial charge < -0.3 is 5.32 Å². The molecule has 0 radical (unpaired) electrons. The zero-order valence-electron chi connectivity index (χ0n) is 13.0. The smallest absolute Gasteiger partial charge is 0.139 e. The summed E-state index contributed by atoms with van der Waals surface area (Å²) in [5.41, 5.74) is 6.22. The van der Waals surface area contributed by atoms with E-state index in [2.05, 4.69) is 46.1 Å². The maximum Gasteiger partial charge on any atom is 0.139 e. The summed E-state index contributed by atoms with van der Waals surface area (Å²) in [6, 6.07) is 5.47. The van der Waals surface area contributed by atoms with Crippen LogP contribution in [0.25, 0.3) is 0 Å². The van der Waals surface area contributed by atoms with E-state index < -0.39 is 0 Å². The predicted molar refractivity (Wildman–Crippen MR) is 89.3 cm³/mol. The Morgan fingerprint density at radius 3 is 2.38 bits per heavy atom. The molecule has 21 heavy (non-hydrogen) atoms. The molecule has 1 aromatic carbocycles. The van der Waals surface area contributed by atoms with Gasteiger partial charge in [-0.15, -0.1) is 0 Å². The minimum Gasteiger partial charge on any atom is -0.378 e. The predicted octanol–water partition coefficient (Wildman–Crippen LogP) is 5.39. The molecule has 1 unspecified atom stereocenters. The summed E-state index contributed by atoms with van der Waals surface area (Å²) in [4.78, 5) is 4.53. The lowest BCUT2D eigenvalue weighted by Crippen LogP contribution is -2.12. The molecule has 1 atom stereocenters. The van der Waals surface area contributed by atoms with Crippen LogP contribution in [0.15, 0.2) is 22.7 Å². The Balaban J connectivity index is 2.35. The van der Waals surface area contributed by atoms with Gasteiger partial charge in [0.25, 0.3) is 0 Å². The quantitative estimate of drug-likeness (QED) is 0.802. The standard InChI is InChI=1S/C17H20BrFN2/c1-9-7-14(18)15(19)8-16(9)21-13(5)17-10(2)6-11(3)20-12(17)4/h6-8,13,21H,1-5H3. The Morgan fingerprint density at radius 2 is 1.76 bits per heavy atom. The van der Waals surface area contributed by atoms with E-state index in [0.717, 1.165) is 22.6 Å². The molecule has 0 saturated heterocycles. The van der Waals surface area contributed by atoms with Crippen LogP contribution in [0, 0.1) is 33.5 Å². The molecule has 0 aliphatic heterocycles. The van der Waals surface area contributed by atoms with Crippen LogP contribution in [-0.4, -0.2) is 4.98 Å². The maximum absolute atomic E-state index is 13.7. The molecule has 2 rings (SSSR count). The normalized spacial score (nSPS) is 12.3. The summed E-state index contributed by atoms with van der Waals surface area (Å²) in [7, 11) is 0. The van der Waals surface area contributed by atoms with Gasteiger partial charge in [-0.3, -0.25) is 4.98 Å². The molecule has 0 spiro atoms. The van der Waals surface area contributed by atoms with Gasteiger partial charge in [-0.1, -0.05) is 0 Å². The Morgan fingerprint density at radius 1 is 1.10 bits per heavy atom. The molecular formula is C17H20BrFN2. The number of rotatable bonds is 3. The van der Waals surface area contributed by atoms with Gasteiger partial charge in [0.1, 0.15) is 5.82 Å². The molecule has 1 heterocycles. The fraction of sp³-hybridized carbons (Fsp3) is 0.353. The number of hydrogen-bond acceptors (Lipinski definition) is 2. The zero-order valence-corrected chi connectivity index (χ0v) is 14.6. The highest BCUT2D eigenvalue weighted by molar-refractivity contribution is 9.10. The van der Waals surface area contributed by atoms with Gasteiger partial charge in [-0.05, 0) is 85.4 Å². The van der Waals surface area contributed by atoms with Crippen molar-refractivity contribution in [1.29, 1.82) is 0 Å². The molecular weight excluding hydrogens is 331 g/mol. The van der Waals surface area contributed by atoms with Crippen LogP contribution in [0.3, 0.4) is 0 Å². The Labute approximate surface area is 133 Å². The lowest BCUT2D eigenvalue weighted by molar-refractivity contribution is 0.620. The number of nitrogens with zero attached hydrogens (tertiary/aromatic N) is 1. The highest BCUT2D eigenvalue weighted by atomic mass is 79.9. The van der Waals surface area contributed by atoms with E-state index in [-0.39, 0.29) is 11.9 Å². The van der Waals surface area contributed by atoms with Crippen molar-refractivity contribution in [3.63, 3.8) is 0 Å². The van der Waals surface area contributed by atoms with Gasteiger partial charge in [-0.2, -0.15) is 0 Å². The molecule has 1 N–H and O–H groups in total. The minimum absolute atomic E-state index is 0.0670. The van der Waals surface area contributed by atoms with Crippen LogP contribution >= 0.6 is 15.9 Å². The van der Waals surface area contributed by atoms with Crippen molar-refractivity contribution in [1.82, 2.24) is 4.98 Å². The number of pyridine rings is 1. The second-order valence-corrected chi connectivity index (χ2v) is 6.38. The van der Waals surface area contributed by atoms with E-state index in [1.165, 1.54) is 17.2 Å². The molecule has 0 bridgehead atoms. The zero-order chi connectivity index (χ0) is 15.7. The van der Waals surface area contributed by atoms with Gasteiger partial charge in [0, 0.05) is 17.1 Å². The first kappa shape index (κ1) is 16.0. The molecule has 1 aromatic heterocycles. The summed E-state index contributed by atoms with van der Waals surface area (Å²) in [5.74, 6) is -0.259. The fourth-order valence-corrected chi connectivity index (χ4v) is 3.25. The van der Waals surface area contributed by atoms with Gasteiger partial charge in [0.05, 0.1) is 10.5 Å². The highest BCUT2D eigenvalue weighted by Crippen LogP contribution is 2.29. The second-order valence-electron chi connectivity index (χ2n) is 5.53. The third-order valence-corrected chi connectivity index (χ3v) is 4.26. The van der Waals surface area contributed by atoms with E-state index in [0.29, 0.717) is 4.47 Å². The Bertz CT molecular complexity index is 660. The number of aryl methyl sites for hydroxylation is 4. The number of anilines is 1. The van der Waals surface area contributed by atoms with Gasteiger partial charge in [-0.25, -0.2) is 4.39 Å². The van der Waals surface area contributed by atoms with E-state index in [1.807, 2.05) is 20.8 Å². The van der Waals surface area contributed by atoms with E-state index in [4.69, 9.17) is 0 Å². The van der Waals surface area contributed by atoms with Crippen LogP contribution in [0.2, 0.25) is 0 Å². The minimum atomic E-state index is -0.259. The van der Waals surface area contributed by atoms with Crippen molar-refractivity contribution < 1.29 is 4.39 Å². The van der Waals surface area contributed by atoms with Crippen LogP contribution in [0.1, 0.15) is 41.0 Å². The molecule has 0 saturated carbocycles. The largest absolute Gasteiger partial charge is 0.378 e. The first-order valence-electron chi connectivity index (χ1n) is 6.96. The number of halogens is 2. The summed E-state index contributed by atoms with van der Waals surface area (Å²) >= 11 is 3.21. The molecule has 0 fully saturated rings. The van der Waals surface area contributed by atoms with E-state index in [9.17, 15) is 4.39 Å². The van der Waals surface area contributed by atoms with Crippen LogP contribution in [-0.2, 0) is 0 Å². The summed E-state index contributed by atoms with van der Waals surface area (Å²) in [5, 5.41) is 3.39. The SMILES string of the molecule is Cc1cc(C)c(C(C)Nc2cc(F)c(Br)cc2C)c(C)n1. The number of benzene rings is 1. The molecule has 112 valence electrons. The fourth-order valence-electron chi connectivity index (χ4n) is 2.80. The van der Waals surface area contributed by atoms with Gasteiger partial charge >= 0.3 is 0 Å². The van der Waals surface area contributed by atoms with Crippen molar-refractivity contribution in [3.05, 3.63) is 56.6 Å². The third kappa shape index (κ3) is 3.43. The van der Waals surface area contributed by atoms with E-state index >= 15 is 0 Å². The maximum atomic E-state index is 13.7. The third-order valence-electron chi connectivity index (χ3n) is 3.66. The van der Waals surface area contributed by atoms with Crippen LogP contribution in [0.5, 0.6) is 0 Å². The first-order chi connectivity index (χ1) is 9.79. The van der Waals surface area contributed by atoms with E-state index in [1.54, 1.807) is 6.07 Å². The molecule has 0 amide bonds. The van der Waals surface area contributed by atoms with Gasteiger partial charge in [0.2, 0.25) is 0 Å². The van der Waals surface area contributed by atoms with Crippen molar-refractivity contribution in [3.8, 4) is 0 Å². The second kappa shape index (κ2) is 6.14. The van der Waals surface area contributed by atoms with Crippen LogP contribution < -0.4 is 5.32 Å². The lowest BCUT2D eigenvalue weighted by Gasteiger charge is -2.21. The highest BCUT2D eigenvalue weighted by Gasteiger charge is 2.15. The van der Waals surface area contributed by atoms with Crippen LogP contribution in [0.4, 0.5) is 10.1 Å². The molecule has 2 aromatic rings. The number of nitrogens with one attached hydrogen (secondary N) is 1. The van der Waals surface area contributed by atoms with Gasteiger partial charge in [0.15, 0.2) is 0 Å². The average Bonchev–Trinajstić information content (AvgIpc) is 2.34. The van der Waals surface area contributed by atoms with Crippen molar-refractivity contribution in [2.75, 3.05) is 5.32 Å². The van der Waals surface area contributed by atoms with Crippen molar-refractivity contribution >= 4 is 21.6 Å². The number of hydrogen-bond donors (Lipinski definition) is 1. The number of aromatic nitrogens is 1. The average molecular weight is 351 g/mol. The summed E-state index contributed by atoms with van der Waals surface area (Å²) < 4.78 is 14.2. The van der Waals surface area contributed by atoms with Crippen molar-refractivity contribution in [2.24, 2.45) is 0 Å². The summed E-state index contributed by atoms with van der Waals surface area (Å²) in [6.07, 6.45) is 0. The van der Waals surface area contributed by atoms with Crippen molar-refractivity contribution in [2.45, 2.75) is 40.7 Å². The Hall–Kier alpha value is -1.42. The monoisotopic (exact) mass is 350 g/mol. The first-order valence-corrected chi connectivity index (χ1v) is 7.75. The topological polar surface area (TPSA) is 24.9 Å². The molecule has 0 aliphatic carbocycles. The lowest BCUT2D eigenvalue weighted by atomic mass is 10.00. The Kier molecular flexibility index (Phi) is 4.67. The molecule has 4 heteroatoms. The summed E-state index contributed by atoms with van der Waals surface area (Å²) in [6.45, 7) is 10.1. The molecule has 0 aliphatic rings.